The maximum Gasteiger partial charge on any atom is 0.214 e. The maximum atomic E-state index is 12.1. The highest BCUT2D eigenvalue weighted by molar-refractivity contribution is 7.89. The Balaban J connectivity index is 1.64. The smallest absolute Gasteiger partial charge is 0.214 e. The first-order valence-electron chi connectivity index (χ1n) is 7.21. The zero-order valence-corrected chi connectivity index (χ0v) is 11.9. The Bertz CT molecular complexity index is 331. The Kier molecular flexibility index (Phi) is 5.45. The number of hydrogen-bond acceptors (Lipinski definition) is 3. The lowest BCUT2D eigenvalue weighted by molar-refractivity contribution is 0.382. The van der Waals surface area contributed by atoms with Crippen molar-refractivity contribution in [1.82, 2.24) is 9.62 Å². The number of nitrogens with one attached hydrogen (secondary N) is 1. The summed E-state index contributed by atoms with van der Waals surface area (Å²) in [5.41, 5.74) is 0. The standard InChI is InChI=1S/C13H25N2O2S/c16-18(17,15-10-4-1-5-11-15)12-6-9-14-13-7-2-3-8-13/h1,13-14H,2-12H2. The molecule has 1 radical (unpaired) electrons. The van der Waals surface area contributed by atoms with Crippen LogP contribution in [-0.2, 0) is 10.0 Å². The van der Waals surface area contributed by atoms with Gasteiger partial charge in [-0.25, -0.2) is 12.7 Å². The zero-order valence-electron chi connectivity index (χ0n) is 11.1. The molecule has 1 aliphatic carbocycles. The van der Waals surface area contributed by atoms with Gasteiger partial charge in [-0.15, -0.1) is 0 Å². The first-order chi connectivity index (χ1) is 8.68. The average molecular weight is 273 g/mol. The van der Waals surface area contributed by atoms with E-state index in [1.54, 1.807) is 4.31 Å². The second-order valence-electron chi connectivity index (χ2n) is 5.37. The van der Waals surface area contributed by atoms with E-state index in [1.807, 2.05) is 0 Å². The Morgan fingerprint density at radius 1 is 1.17 bits per heavy atom. The molecule has 5 heteroatoms. The fourth-order valence-electron chi connectivity index (χ4n) is 2.82. The van der Waals surface area contributed by atoms with E-state index in [4.69, 9.17) is 0 Å². The van der Waals surface area contributed by atoms with E-state index in [0.29, 0.717) is 24.9 Å². The van der Waals surface area contributed by atoms with Gasteiger partial charge in [0.15, 0.2) is 0 Å². The van der Waals surface area contributed by atoms with Crippen LogP contribution in [0.5, 0.6) is 0 Å². The molecule has 0 aromatic carbocycles. The third kappa shape index (κ3) is 4.21. The van der Waals surface area contributed by atoms with Crippen molar-refractivity contribution in [2.24, 2.45) is 0 Å². The summed E-state index contributed by atoms with van der Waals surface area (Å²) in [7, 11) is -3.01. The number of piperidine rings is 1. The van der Waals surface area contributed by atoms with Crippen molar-refractivity contribution in [3.8, 4) is 0 Å². The van der Waals surface area contributed by atoms with Gasteiger partial charge < -0.3 is 5.32 Å². The number of nitrogens with zero attached hydrogens (tertiary/aromatic N) is 1. The van der Waals surface area contributed by atoms with Crippen LogP contribution in [0.3, 0.4) is 0 Å². The van der Waals surface area contributed by atoms with Crippen molar-refractivity contribution < 1.29 is 8.42 Å². The lowest BCUT2D eigenvalue weighted by Crippen LogP contribution is -2.38. The molecular weight excluding hydrogens is 248 g/mol. The van der Waals surface area contributed by atoms with Gasteiger partial charge in [0.1, 0.15) is 0 Å². The van der Waals surface area contributed by atoms with E-state index < -0.39 is 10.0 Å². The molecule has 1 N–H and O–H groups in total. The molecule has 18 heavy (non-hydrogen) atoms. The molecule has 0 aromatic heterocycles. The van der Waals surface area contributed by atoms with Crippen LogP contribution in [0.4, 0.5) is 0 Å². The Morgan fingerprint density at radius 3 is 2.50 bits per heavy atom. The normalized spacial score (nSPS) is 23.6. The van der Waals surface area contributed by atoms with Crippen molar-refractivity contribution in [2.75, 3.05) is 25.4 Å². The van der Waals surface area contributed by atoms with Gasteiger partial charge in [-0.2, -0.15) is 0 Å². The Hall–Kier alpha value is -0.130. The van der Waals surface area contributed by atoms with E-state index in [-0.39, 0.29) is 0 Å². The van der Waals surface area contributed by atoms with Crippen LogP contribution in [0.25, 0.3) is 0 Å². The maximum absolute atomic E-state index is 12.1. The second-order valence-corrected chi connectivity index (χ2v) is 7.46. The minimum Gasteiger partial charge on any atom is -0.314 e. The molecule has 2 aliphatic rings. The molecule has 1 saturated heterocycles. The summed E-state index contributed by atoms with van der Waals surface area (Å²) < 4.78 is 25.8. The summed E-state index contributed by atoms with van der Waals surface area (Å²) in [4.78, 5) is 0. The summed E-state index contributed by atoms with van der Waals surface area (Å²) in [5.74, 6) is 0.298. The second kappa shape index (κ2) is 6.87. The van der Waals surface area contributed by atoms with E-state index >= 15 is 0 Å². The van der Waals surface area contributed by atoms with Crippen LogP contribution >= 0.6 is 0 Å². The molecule has 0 spiro atoms. The van der Waals surface area contributed by atoms with Gasteiger partial charge in [0, 0.05) is 19.1 Å². The minimum absolute atomic E-state index is 0.298. The first-order valence-corrected chi connectivity index (χ1v) is 8.82. The highest BCUT2D eigenvalue weighted by Crippen LogP contribution is 2.17. The summed E-state index contributed by atoms with van der Waals surface area (Å²) in [6, 6.07) is 0.636. The van der Waals surface area contributed by atoms with Crippen molar-refractivity contribution >= 4 is 10.0 Å². The largest absolute Gasteiger partial charge is 0.314 e. The van der Waals surface area contributed by atoms with Crippen molar-refractivity contribution in [3.63, 3.8) is 0 Å². The summed E-state index contributed by atoms with van der Waals surface area (Å²) in [5, 5.41) is 3.47. The van der Waals surface area contributed by atoms with Crippen LogP contribution in [0, 0.1) is 6.42 Å². The van der Waals surface area contributed by atoms with E-state index in [1.165, 1.54) is 25.7 Å². The van der Waals surface area contributed by atoms with Crippen LogP contribution in [-0.4, -0.2) is 44.2 Å². The predicted octanol–water partition coefficient (Wildman–Crippen LogP) is 1.54. The molecule has 2 fully saturated rings. The lowest BCUT2D eigenvalue weighted by Gasteiger charge is -2.25. The SMILES string of the molecule is O=S(=O)(CCCNC1CCCC1)N1CC[CH]CC1. The summed E-state index contributed by atoms with van der Waals surface area (Å²) in [6.07, 6.45) is 9.87. The van der Waals surface area contributed by atoms with Gasteiger partial charge in [0.05, 0.1) is 5.75 Å². The van der Waals surface area contributed by atoms with Gasteiger partial charge in [-0.05, 0) is 45.1 Å². The average Bonchev–Trinajstić information content (AvgIpc) is 2.89. The van der Waals surface area contributed by atoms with Gasteiger partial charge >= 0.3 is 0 Å². The lowest BCUT2D eigenvalue weighted by atomic mass is 10.2. The molecule has 0 amide bonds. The van der Waals surface area contributed by atoms with Crippen LogP contribution < -0.4 is 5.32 Å². The highest BCUT2D eigenvalue weighted by atomic mass is 32.2. The molecule has 1 heterocycles. The Morgan fingerprint density at radius 2 is 1.83 bits per heavy atom. The van der Waals surface area contributed by atoms with E-state index in [2.05, 4.69) is 11.7 Å². The van der Waals surface area contributed by atoms with Gasteiger partial charge in [-0.1, -0.05) is 12.8 Å². The third-order valence-corrected chi connectivity index (χ3v) is 5.88. The van der Waals surface area contributed by atoms with Crippen LogP contribution in [0.15, 0.2) is 0 Å². The van der Waals surface area contributed by atoms with Crippen molar-refractivity contribution in [1.29, 1.82) is 0 Å². The van der Waals surface area contributed by atoms with E-state index in [9.17, 15) is 8.42 Å². The molecule has 4 nitrogen and oxygen atoms in total. The van der Waals surface area contributed by atoms with Crippen molar-refractivity contribution in [2.45, 2.75) is 51.0 Å². The summed E-state index contributed by atoms with van der Waals surface area (Å²) in [6.45, 7) is 2.20. The highest BCUT2D eigenvalue weighted by Gasteiger charge is 2.23. The quantitative estimate of drug-likeness (QED) is 0.747. The molecule has 0 atom stereocenters. The fourth-order valence-corrected chi connectivity index (χ4v) is 4.36. The first kappa shape index (κ1) is 14.3. The van der Waals surface area contributed by atoms with Crippen molar-refractivity contribution in [3.05, 3.63) is 6.42 Å². The molecule has 0 bridgehead atoms. The molecule has 0 aromatic rings. The molecule has 1 aliphatic heterocycles. The predicted molar refractivity (Wildman–Crippen MR) is 73.8 cm³/mol. The molecule has 2 rings (SSSR count). The molecule has 1 saturated carbocycles. The number of hydrogen-bond donors (Lipinski definition) is 1. The van der Waals surface area contributed by atoms with Gasteiger partial charge in [0.25, 0.3) is 0 Å². The zero-order chi connectivity index (χ0) is 12.8. The monoisotopic (exact) mass is 273 g/mol. The fraction of sp³-hybridized carbons (Fsp3) is 0.923. The van der Waals surface area contributed by atoms with Crippen LogP contribution in [0.2, 0.25) is 0 Å². The molecular formula is C13H25N2O2S. The number of sulfonamides is 1. The Labute approximate surface area is 111 Å². The van der Waals surface area contributed by atoms with Gasteiger partial charge in [0.2, 0.25) is 10.0 Å². The number of rotatable bonds is 6. The summed E-state index contributed by atoms with van der Waals surface area (Å²) >= 11 is 0. The topological polar surface area (TPSA) is 49.4 Å². The van der Waals surface area contributed by atoms with Gasteiger partial charge in [-0.3, -0.25) is 0 Å². The van der Waals surface area contributed by atoms with E-state index in [0.717, 1.165) is 25.8 Å². The minimum atomic E-state index is -3.01. The van der Waals surface area contributed by atoms with Crippen LogP contribution in [0.1, 0.15) is 44.9 Å². The molecule has 105 valence electrons. The molecule has 0 unspecified atom stereocenters. The third-order valence-electron chi connectivity index (χ3n) is 3.93.